The van der Waals surface area contributed by atoms with E-state index in [-0.39, 0.29) is 23.5 Å². The summed E-state index contributed by atoms with van der Waals surface area (Å²) in [4.78, 5) is 12.2. The van der Waals surface area contributed by atoms with Crippen molar-refractivity contribution in [3.63, 3.8) is 0 Å². The van der Waals surface area contributed by atoms with Crippen molar-refractivity contribution in [2.45, 2.75) is 31.7 Å². The second-order valence-electron chi connectivity index (χ2n) is 5.42. The lowest BCUT2D eigenvalue weighted by atomic mass is 10.1. The van der Waals surface area contributed by atoms with Crippen molar-refractivity contribution in [1.29, 1.82) is 0 Å². The second-order valence-corrected chi connectivity index (χ2v) is 5.42. The van der Waals surface area contributed by atoms with E-state index in [0.29, 0.717) is 17.2 Å². The maximum Gasteiger partial charge on any atom is 0.274 e. The lowest BCUT2D eigenvalue weighted by Gasteiger charge is -2.13. The number of H-pyrrole nitrogens is 1. The van der Waals surface area contributed by atoms with Crippen LogP contribution in [0.25, 0.3) is 0 Å². The minimum absolute atomic E-state index is 0.208. The van der Waals surface area contributed by atoms with Gasteiger partial charge in [0.15, 0.2) is 5.69 Å². The largest absolute Gasteiger partial charge is 0.395 e. The third-order valence-corrected chi connectivity index (χ3v) is 3.73. The highest BCUT2D eigenvalue weighted by atomic mass is 19.1. The van der Waals surface area contributed by atoms with Gasteiger partial charge < -0.3 is 11.1 Å². The molecule has 1 fully saturated rings. The lowest BCUT2D eigenvalue weighted by molar-refractivity contribution is 0.0935. The first-order chi connectivity index (χ1) is 10.1. The van der Waals surface area contributed by atoms with Crippen molar-refractivity contribution in [2.75, 3.05) is 5.73 Å². The first kappa shape index (κ1) is 13.6. The molecule has 0 aliphatic heterocycles. The zero-order valence-corrected chi connectivity index (χ0v) is 11.7. The number of nitrogens with one attached hydrogen (secondary N) is 2. The number of rotatable bonds is 4. The maximum atomic E-state index is 13.2. The first-order valence-electron chi connectivity index (χ1n) is 6.96. The van der Waals surface area contributed by atoms with Crippen molar-refractivity contribution < 1.29 is 9.18 Å². The van der Waals surface area contributed by atoms with Crippen molar-refractivity contribution in [2.24, 2.45) is 0 Å². The fourth-order valence-electron chi connectivity index (χ4n) is 2.34. The number of anilines is 1. The van der Waals surface area contributed by atoms with Crippen LogP contribution in [0.2, 0.25) is 0 Å². The summed E-state index contributed by atoms with van der Waals surface area (Å²) in [7, 11) is 0. The van der Waals surface area contributed by atoms with Gasteiger partial charge in [-0.3, -0.25) is 9.89 Å². The third kappa shape index (κ3) is 2.74. The highest BCUT2D eigenvalue weighted by molar-refractivity contribution is 5.98. The lowest BCUT2D eigenvalue weighted by Crippen LogP contribution is -2.27. The molecular formula is C15H17FN4O. The van der Waals surface area contributed by atoms with Gasteiger partial charge in [0.1, 0.15) is 5.82 Å². The van der Waals surface area contributed by atoms with E-state index in [1.54, 1.807) is 19.1 Å². The number of amides is 1. The molecule has 3 rings (SSSR count). The molecule has 2 aromatic rings. The van der Waals surface area contributed by atoms with Crippen LogP contribution in [-0.2, 0) is 0 Å². The Balaban J connectivity index is 1.74. The number of carbonyl (C=O) groups excluding carboxylic acids is 1. The monoisotopic (exact) mass is 288 g/mol. The Labute approximate surface area is 121 Å². The number of hydrogen-bond donors (Lipinski definition) is 3. The van der Waals surface area contributed by atoms with Crippen LogP contribution in [0.15, 0.2) is 24.3 Å². The number of hydrogen-bond acceptors (Lipinski definition) is 3. The molecule has 1 aromatic carbocycles. The van der Waals surface area contributed by atoms with Gasteiger partial charge in [0.2, 0.25) is 0 Å². The molecule has 1 saturated carbocycles. The zero-order chi connectivity index (χ0) is 15.0. The van der Waals surface area contributed by atoms with E-state index in [4.69, 9.17) is 5.73 Å². The van der Waals surface area contributed by atoms with Crippen molar-refractivity contribution in [3.8, 4) is 0 Å². The Kier molecular flexibility index (Phi) is 3.37. The van der Waals surface area contributed by atoms with Crippen LogP contribution in [0.3, 0.4) is 0 Å². The summed E-state index contributed by atoms with van der Waals surface area (Å²) in [6, 6.07) is 5.81. The summed E-state index contributed by atoms with van der Waals surface area (Å²) in [6.07, 6.45) is 2.15. The number of nitrogens with zero attached hydrogens (tertiary/aromatic N) is 1. The minimum atomic E-state index is -0.354. The molecule has 0 bridgehead atoms. The molecule has 21 heavy (non-hydrogen) atoms. The molecule has 1 aromatic heterocycles. The molecular weight excluding hydrogens is 271 g/mol. The minimum Gasteiger partial charge on any atom is -0.395 e. The van der Waals surface area contributed by atoms with E-state index < -0.39 is 0 Å². The van der Waals surface area contributed by atoms with Crippen LogP contribution in [0.1, 0.15) is 53.5 Å². The van der Waals surface area contributed by atoms with Crippen molar-refractivity contribution in [1.82, 2.24) is 15.5 Å². The molecule has 6 heteroatoms. The standard InChI is InChI=1S/C15H17FN4O/c1-8(10-3-2-4-11(16)7-10)18-15(21)14-12(17)13(19-20-14)9-5-6-9/h2-4,7-9H,5-6,17H2,1H3,(H,18,21)(H,19,20). The van der Waals surface area contributed by atoms with Gasteiger partial charge in [0.25, 0.3) is 5.91 Å². The van der Waals surface area contributed by atoms with E-state index in [1.165, 1.54) is 12.1 Å². The summed E-state index contributed by atoms with van der Waals surface area (Å²) < 4.78 is 13.2. The number of nitrogens with two attached hydrogens (primary N) is 1. The molecule has 1 amide bonds. The summed E-state index contributed by atoms with van der Waals surface area (Å²) in [5.41, 5.74) is 8.14. The van der Waals surface area contributed by atoms with Gasteiger partial charge >= 0.3 is 0 Å². The third-order valence-electron chi connectivity index (χ3n) is 3.73. The molecule has 0 spiro atoms. The summed E-state index contributed by atoms with van der Waals surface area (Å²) in [5, 5.41) is 9.63. The van der Waals surface area contributed by atoms with Gasteiger partial charge in [-0.2, -0.15) is 5.10 Å². The molecule has 1 unspecified atom stereocenters. The van der Waals surface area contributed by atoms with Gasteiger partial charge in [-0.15, -0.1) is 0 Å². The van der Waals surface area contributed by atoms with Crippen LogP contribution in [-0.4, -0.2) is 16.1 Å². The Morgan fingerprint density at radius 2 is 2.29 bits per heavy atom. The number of aromatic nitrogens is 2. The van der Waals surface area contributed by atoms with Crippen molar-refractivity contribution >= 4 is 11.6 Å². The molecule has 5 nitrogen and oxygen atoms in total. The van der Waals surface area contributed by atoms with E-state index in [2.05, 4.69) is 15.5 Å². The fourth-order valence-corrected chi connectivity index (χ4v) is 2.34. The van der Waals surface area contributed by atoms with Crippen LogP contribution < -0.4 is 11.1 Å². The summed E-state index contributed by atoms with van der Waals surface area (Å²) in [6.45, 7) is 1.79. The Hall–Kier alpha value is -2.37. The van der Waals surface area contributed by atoms with Crippen LogP contribution >= 0.6 is 0 Å². The Morgan fingerprint density at radius 3 is 2.95 bits per heavy atom. The number of halogens is 1. The molecule has 4 N–H and O–H groups in total. The van der Waals surface area contributed by atoms with Crippen molar-refractivity contribution in [3.05, 3.63) is 47.0 Å². The van der Waals surface area contributed by atoms with Gasteiger partial charge in [0.05, 0.1) is 17.4 Å². The second kappa shape index (κ2) is 5.20. The maximum absolute atomic E-state index is 13.2. The number of aromatic amines is 1. The summed E-state index contributed by atoms with van der Waals surface area (Å²) >= 11 is 0. The predicted octanol–water partition coefficient (Wildman–Crippen LogP) is 2.50. The topological polar surface area (TPSA) is 83.8 Å². The highest BCUT2D eigenvalue weighted by Crippen LogP contribution is 2.42. The number of carbonyl (C=O) groups is 1. The van der Waals surface area contributed by atoms with Crippen LogP contribution in [0.5, 0.6) is 0 Å². The zero-order valence-electron chi connectivity index (χ0n) is 11.7. The summed E-state index contributed by atoms with van der Waals surface area (Å²) in [5.74, 6) is -0.281. The number of nitrogen functional groups attached to an aromatic ring is 1. The SMILES string of the molecule is CC(NC(=O)c1n[nH]c(C2CC2)c1N)c1cccc(F)c1. The molecule has 0 saturated heterocycles. The van der Waals surface area contributed by atoms with Crippen LogP contribution in [0.4, 0.5) is 10.1 Å². The van der Waals surface area contributed by atoms with Gasteiger partial charge in [-0.1, -0.05) is 12.1 Å². The van der Waals surface area contributed by atoms with Gasteiger partial charge in [0, 0.05) is 5.92 Å². The Morgan fingerprint density at radius 1 is 1.52 bits per heavy atom. The van der Waals surface area contributed by atoms with E-state index in [1.807, 2.05) is 0 Å². The van der Waals surface area contributed by atoms with E-state index >= 15 is 0 Å². The molecule has 110 valence electrons. The Bertz CT molecular complexity index is 678. The fraction of sp³-hybridized carbons (Fsp3) is 0.333. The smallest absolute Gasteiger partial charge is 0.274 e. The molecule has 1 aliphatic rings. The molecule has 1 atom stereocenters. The highest BCUT2D eigenvalue weighted by Gasteiger charge is 2.30. The normalized spacial score (nSPS) is 15.7. The quantitative estimate of drug-likeness (QED) is 0.808. The average molecular weight is 288 g/mol. The predicted molar refractivity (Wildman–Crippen MR) is 77.3 cm³/mol. The number of benzene rings is 1. The molecule has 1 aliphatic carbocycles. The average Bonchev–Trinajstić information content (AvgIpc) is 3.21. The van der Waals surface area contributed by atoms with Gasteiger partial charge in [-0.05, 0) is 37.5 Å². The first-order valence-corrected chi connectivity index (χ1v) is 6.96. The van der Waals surface area contributed by atoms with Gasteiger partial charge in [-0.25, -0.2) is 4.39 Å². The van der Waals surface area contributed by atoms with Crippen LogP contribution in [0, 0.1) is 5.82 Å². The molecule has 0 radical (unpaired) electrons. The van der Waals surface area contributed by atoms with E-state index in [0.717, 1.165) is 18.5 Å². The molecule has 1 heterocycles. The van der Waals surface area contributed by atoms with E-state index in [9.17, 15) is 9.18 Å².